The molecule has 0 spiro atoms. The Labute approximate surface area is 158 Å². The lowest BCUT2D eigenvalue weighted by Gasteiger charge is -2.27. The minimum absolute atomic E-state index is 0.0367. The van der Waals surface area contributed by atoms with E-state index >= 15 is 0 Å². The second-order valence-electron chi connectivity index (χ2n) is 6.83. The van der Waals surface area contributed by atoms with E-state index in [1.54, 1.807) is 24.3 Å². The van der Waals surface area contributed by atoms with Crippen LogP contribution in [0, 0.1) is 0 Å². The van der Waals surface area contributed by atoms with Crippen molar-refractivity contribution in [2.75, 3.05) is 19.1 Å². The van der Waals surface area contributed by atoms with Crippen LogP contribution in [0.4, 0.5) is 0 Å². The van der Waals surface area contributed by atoms with Crippen LogP contribution in [-0.2, 0) is 20.3 Å². The predicted octanol–water partition coefficient (Wildman–Crippen LogP) is 5.27. The van der Waals surface area contributed by atoms with Crippen LogP contribution < -0.4 is 0 Å². The standard InChI is InChI=1S/C19H32O4S2/c1-19(24-2,25(3)20)13-7-4-5-10-17(16-11-9-15-21-16)23-18-12-6-8-14-22-18/h9,11,15,17-18H,4-8,10,12-14H2,1-3H3. The lowest BCUT2D eigenvalue weighted by atomic mass is 10.1. The molecule has 1 aromatic rings. The lowest BCUT2D eigenvalue weighted by molar-refractivity contribution is -0.194. The molecule has 0 bridgehead atoms. The molecule has 1 fully saturated rings. The molecule has 1 saturated heterocycles. The van der Waals surface area contributed by atoms with Crippen molar-refractivity contribution in [2.45, 2.75) is 74.8 Å². The Morgan fingerprint density at radius 1 is 1.40 bits per heavy atom. The number of thioether (sulfide) groups is 1. The molecule has 4 unspecified atom stereocenters. The van der Waals surface area contributed by atoms with Gasteiger partial charge in [-0.1, -0.05) is 19.3 Å². The topological polar surface area (TPSA) is 48.7 Å². The van der Waals surface area contributed by atoms with E-state index < -0.39 is 10.8 Å². The summed E-state index contributed by atoms with van der Waals surface area (Å²) in [5, 5.41) is 0. The molecule has 0 aromatic carbocycles. The average molecular weight is 389 g/mol. The molecule has 1 aromatic heterocycles. The van der Waals surface area contributed by atoms with Gasteiger partial charge in [-0.25, -0.2) is 0 Å². The second kappa shape index (κ2) is 10.8. The van der Waals surface area contributed by atoms with Crippen LogP contribution >= 0.6 is 11.8 Å². The molecule has 6 heteroatoms. The molecule has 2 heterocycles. The lowest BCUT2D eigenvalue weighted by Crippen LogP contribution is -2.25. The first-order valence-electron chi connectivity index (χ1n) is 9.24. The Kier molecular flexibility index (Phi) is 9.03. The van der Waals surface area contributed by atoms with Gasteiger partial charge in [0.1, 0.15) is 11.9 Å². The highest BCUT2D eigenvalue weighted by Crippen LogP contribution is 2.33. The zero-order chi connectivity index (χ0) is 18.1. The van der Waals surface area contributed by atoms with Gasteiger partial charge in [-0.05, 0) is 57.4 Å². The van der Waals surface area contributed by atoms with Crippen LogP contribution in [-0.4, -0.2) is 33.7 Å². The van der Waals surface area contributed by atoms with Crippen molar-refractivity contribution in [2.24, 2.45) is 0 Å². The average Bonchev–Trinajstić information content (AvgIpc) is 3.15. The molecular formula is C19H32O4S2. The Balaban J connectivity index is 1.77. The van der Waals surface area contributed by atoms with Crippen LogP contribution in [0.2, 0.25) is 0 Å². The molecule has 4 atom stereocenters. The van der Waals surface area contributed by atoms with E-state index in [1.807, 2.05) is 18.4 Å². The van der Waals surface area contributed by atoms with E-state index in [0.717, 1.165) is 63.7 Å². The van der Waals surface area contributed by atoms with Crippen LogP contribution in [0.1, 0.15) is 70.2 Å². The molecule has 1 aliphatic rings. The maximum atomic E-state index is 11.9. The van der Waals surface area contributed by atoms with Gasteiger partial charge in [0, 0.05) is 23.7 Å². The molecule has 0 aliphatic carbocycles. The third kappa shape index (κ3) is 6.74. The van der Waals surface area contributed by atoms with Gasteiger partial charge in [0.25, 0.3) is 0 Å². The molecule has 2 rings (SSSR count). The summed E-state index contributed by atoms with van der Waals surface area (Å²) >= 11 is 1.71. The summed E-state index contributed by atoms with van der Waals surface area (Å²) in [4.78, 5) is 0. The second-order valence-corrected chi connectivity index (χ2v) is 10.2. The van der Waals surface area contributed by atoms with Gasteiger partial charge in [0.2, 0.25) is 0 Å². The monoisotopic (exact) mass is 388 g/mol. The quantitative estimate of drug-likeness (QED) is 0.483. The van der Waals surface area contributed by atoms with Gasteiger partial charge in [-0.2, -0.15) is 0 Å². The van der Waals surface area contributed by atoms with E-state index in [9.17, 15) is 4.21 Å². The third-order valence-electron chi connectivity index (χ3n) is 4.95. The van der Waals surface area contributed by atoms with E-state index in [4.69, 9.17) is 13.9 Å². The van der Waals surface area contributed by atoms with Crippen LogP contribution in [0.5, 0.6) is 0 Å². The van der Waals surface area contributed by atoms with Gasteiger partial charge < -0.3 is 13.9 Å². The van der Waals surface area contributed by atoms with Crippen molar-refractivity contribution in [3.63, 3.8) is 0 Å². The fraction of sp³-hybridized carbons (Fsp3) is 0.789. The van der Waals surface area contributed by atoms with E-state index in [-0.39, 0.29) is 16.5 Å². The first kappa shape index (κ1) is 21.0. The molecule has 0 saturated carbocycles. The zero-order valence-corrected chi connectivity index (χ0v) is 17.3. The van der Waals surface area contributed by atoms with Crippen molar-refractivity contribution in [3.05, 3.63) is 24.2 Å². The number of unbranched alkanes of at least 4 members (excludes halogenated alkanes) is 2. The summed E-state index contributed by atoms with van der Waals surface area (Å²) < 4.78 is 29.2. The maximum absolute atomic E-state index is 11.9. The minimum Gasteiger partial charge on any atom is -0.467 e. The van der Waals surface area contributed by atoms with E-state index in [0.29, 0.717) is 0 Å². The molecular weight excluding hydrogens is 356 g/mol. The normalized spacial score (nSPS) is 23.1. The van der Waals surface area contributed by atoms with Gasteiger partial charge >= 0.3 is 0 Å². The molecule has 0 N–H and O–H groups in total. The Bertz CT molecular complexity index is 500. The van der Waals surface area contributed by atoms with Gasteiger partial charge in [0.15, 0.2) is 6.29 Å². The number of hydrogen-bond acceptors (Lipinski definition) is 5. The minimum atomic E-state index is -0.806. The number of ether oxygens (including phenoxy) is 2. The van der Waals surface area contributed by atoms with Gasteiger partial charge in [0.05, 0.1) is 10.3 Å². The van der Waals surface area contributed by atoms with Crippen LogP contribution in [0.25, 0.3) is 0 Å². The Morgan fingerprint density at radius 3 is 2.84 bits per heavy atom. The highest BCUT2D eigenvalue weighted by Gasteiger charge is 2.27. The smallest absolute Gasteiger partial charge is 0.158 e. The van der Waals surface area contributed by atoms with Crippen molar-refractivity contribution in [1.82, 2.24) is 0 Å². The van der Waals surface area contributed by atoms with Crippen LogP contribution in [0.3, 0.4) is 0 Å². The summed E-state index contributed by atoms with van der Waals surface area (Å²) in [5.74, 6) is 0.887. The zero-order valence-electron chi connectivity index (χ0n) is 15.7. The molecule has 0 radical (unpaired) electrons. The number of hydrogen-bond donors (Lipinski definition) is 0. The number of furan rings is 1. The highest BCUT2D eigenvalue weighted by molar-refractivity contribution is 8.11. The molecule has 4 nitrogen and oxygen atoms in total. The summed E-state index contributed by atoms with van der Waals surface area (Å²) in [5.41, 5.74) is 0. The van der Waals surface area contributed by atoms with E-state index in [1.165, 1.54) is 0 Å². The Hall–Kier alpha value is -0.300. The van der Waals surface area contributed by atoms with Gasteiger partial charge in [-0.15, -0.1) is 11.8 Å². The van der Waals surface area contributed by atoms with Crippen LogP contribution in [0.15, 0.2) is 22.8 Å². The molecule has 144 valence electrons. The van der Waals surface area contributed by atoms with Crippen molar-refractivity contribution < 1.29 is 18.1 Å². The summed E-state index contributed by atoms with van der Waals surface area (Å²) in [6, 6.07) is 3.90. The first-order chi connectivity index (χ1) is 12.0. The first-order valence-corrected chi connectivity index (χ1v) is 12.0. The molecule has 0 amide bonds. The van der Waals surface area contributed by atoms with Crippen molar-refractivity contribution in [3.8, 4) is 0 Å². The highest BCUT2D eigenvalue weighted by atomic mass is 32.2. The third-order valence-corrected chi connectivity index (χ3v) is 8.64. The van der Waals surface area contributed by atoms with E-state index in [2.05, 4.69) is 6.92 Å². The SMILES string of the molecule is CSC(C)(CCCCCC(OC1CCCCO1)c1ccco1)S(C)=O. The number of rotatable bonds is 11. The van der Waals surface area contributed by atoms with Gasteiger partial charge in [-0.3, -0.25) is 4.21 Å². The van der Waals surface area contributed by atoms with Crippen molar-refractivity contribution in [1.29, 1.82) is 0 Å². The molecule has 1 aliphatic heterocycles. The molecule has 25 heavy (non-hydrogen) atoms. The Morgan fingerprint density at radius 2 is 2.24 bits per heavy atom. The summed E-state index contributed by atoms with van der Waals surface area (Å²) in [6.45, 7) is 2.89. The van der Waals surface area contributed by atoms with Crippen molar-refractivity contribution >= 4 is 22.6 Å². The summed E-state index contributed by atoms with van der Waals surface area (Å²) in [7, 11) is -0.806. The fourth-order valence-corrected chi connectivity index (χ4v) is 4.79. The maximum Gasteiger partial charge on any atom is 0.158 e. The largest absolute Gasteiger partial charge is 0.467 e. The predicted molar refractivity (Wildman–Crippen MR) is 105 cm³/mol. The fourth-order valence-electron chi connectivity index (χ4n) is 3.07. The summed E-state index contributed by atoms with van der Waals surface area (Å²) in [6.07, 6.45) is 13.8.